The lowest BCUT2D eigenvalue weighted by molar-refractivity contribution is -0.114. The van der Waals surface area contributed by atoms with Crippen LogP contribution in [0, 0.1) is 5.92 Å². The van der Waals surface area contributed by atoms with Crippen molar-refractivity contribution in [3.05, 3.63) is 88.3 Å². The number of anilines is 1. The Kier molecular flexibility index (Phi) is 5.20. The number of benzene rings is 2. The molecule has 1 N–H and O–H groups in total. The highest BCUT2D eigenvalue weighted by molar-refractivity contribution is 5.89. The number of likely N-dealkylation sites (tertiary alicyclic amines) is 1. The summed E-state index contributed by atoms with van der Waals surface area (Å²) < 4.78 is 2.01. The topological polar surface area (TPSA) is 54.3 Å². The van der Waals surface area contributed by atoms with E-state index in [-0.39, 0.29) is 11.5 Å². The molecule has 158 valence electrons. The van der Waals surface area contributed by atoms with Crippen molar-refractivity contribution < 1.29 is 4.79 Å². The first-order valence-corrected chi connectivity index (χ1v) is 10.9. The van der Waals surface area contributed by atoms with Gasteiger partial charge in [0.25, 0.3) is 5.56 Å². The summed E-state index contributed by atoms with van der Waals surface area (Å²) in [5.41, 5.74) is 5.58. The Morgan fingerprint density at radius 3 is 2.48 bits per heavy atom. The number of aromatic nitrogens is 1. The van der Waals surface area contributed by atoms with Crippen molar-refractivity contribution in [2.24, 2.45) is 5.92 Å². The number of hydrogen-bond acceptors (Lipinski definition) is 3. The summed E-state index contributed by atoms with van der Waals surface area (Å²) in [6.45, 7) is 5.24. The number of nitrogens with one attached hydrogen (secondary N) is 1. The van der Waals surface area contributed by atoms with Gasteiger partial charge in [0.05, 0.1) is 0 Å². The van der Waals surface area contributed by atoms with Crippen LogP contribution in [0.4, 0.5) is 5.69 Å². The number of rotatable bonds is 4. The van der Waals surface area contributed by atoms with Gasteiger partial charge in [0.15, 0.2) is 0 Å². The van der Waals surface area contributed by atoms with Gasteiger partial charge in [-0.05, 0) is 41.7 Å². The van der Waals surface area contributed by atoms with E-state index in [1.165, 1.54) is 12.5 Å². The van der Waals surface area contributed by atoms with E-state index in [4.69, 9.17) is 0 Å². The Balaban J connectivity index is 1.47. The van der Waals surface area contributed by atoms with Gasteiger partial charge in [0, 0.05) is 62.0 Å². The molecular formula is C26H27N3O2. The molecule has 2 aromatic carbocycles. The summed E-state index contributed by atoms with van der Waals surface area (Å²) in [4.78, 5) is 26.6. The highest BCUT2D eigenvalue weighted by Crippen LogP contribution is 2.40. The highest BCUT2D eigenvalue weighted by atomic mass is 16.1. The first-order valence-electron chi connectivity index (χ1n) is 10.9. The van der Waals surface area contributed by atoms with Gasteiger partial charge in [-0.1, -0.05) is 42.5 Å². The fourth-order valence-electron chi connectivity index (χ4n) is 5.27. The van der Waals surface area contributed by atoms with Gasteiger partial charge in [-0.25, -0.2) is 0 Å². The SMILES string of the molecule is CC(=O)Nc1ccc(-c2ccc(=O)n3c2C2CC(CN(Cc4ccccc4)C2)C3)cc1. The predicted molar refractivity (Wildman–Crippen MR) is 123 cm³/mol. The standard InChI is InChI=1S/C26H27N3O2/c1-18(30)27-23-9-7-21(8-10-23)24-11-12-25(31)29-16-20-13-22(26(24)29)17-28(15-20)14-19-5-3-2-4-6-19/h2-12,20,22H,13-17H2,1H3,(H,27,30). The lowest BCUT2D eigenvalue weighted by Gasteiger charge is -2.43. The van der Waals surface area contributed by atoms with Gasteiger partial charge in [0.2, 0.25) is 5.91 Å². The van der Waals surface area contributed by atoms with Crippen LogP contribution in [-0.2, 0) is 17.9 Å². The zero-order valence-corrected chi connectivity index (χ0v) is 17.8. The molecule has 0 radical (unpaired) electrons. The normalized spacial score (nSPS) is 20.2. The van der Waals surface area contributed by atoms with Crippen molar-refractivity contribution in [3.63, 3.8) is 0 Å². The summed E-state index contributed by atoms with van der Waals surface area (Å²) >= 11 is 0. The van der Waals surface area contributed by atoms with Crippen LogP contribution in [0.3, 0.4) is 0 Å². The molecule has 2 aliphatic heterocycles. The number of carbonyl (C=O) groups excluding carboxylic acids is 1. The molecule has 0 saturated carbocycles. The quantitative estimate of drug-likeness (QED) is 0.701. The van der Waals surface area contributed by atoms with E-state index in [0.29, 0.717) is 11.8 Å². The van der Waals surface area contributed by atoms with Crippen LogP contribution >= 0.6 is 0 Å². The molecule has 3 heterocycles. The molecule has 31 heavy (non-hydrogen) atoms. The number of nitrogens with zero attached hydrogens (tertiary/aromatic N) is 2. The van der Waals surface area contributed by atoms with Crippen LogP contribution in [-0.4, -0.2) is 28.5 Å². The number of pyridine rings is 1. The van der Waals surface area contributed by atoms with Crippen molar-refractivity contribution in [1.29, 1.82) is 0 Å². The molecule has 5 nitrogen and oxygen atoms in total. The molecule has 1 saturated heterocycles. The lowest BCUT2D eigenvalue weighted by Crippen LogP contribution is -2.47. The Morgan fingerprint density at radius 2 is 1.74 bits per heavy atom. The Labute approximate surface area is 182 Å². The average Bonchev–Trinajstić information content (AvgIpc) is 2.75. The van der Waals surface area contributed by atoms with E-state index in [1.807, 2.05) is 34.9 Å². The minimum Gasteiger partial charge on any atom is -0.326 e. The second-order valence-corrected chi connectivity index (χ2v) is 8.82. The van der Waals surface area contributed by atoms with Crippen molar-refractivity contribution in [2.45, 2.75) is 32.4 Å². The van der Waals surface area contributed by atoms with Crippen LogP contribution in [0.2, 0.25) is 0 Å². The van der Waals surface area contributed by atoms with Gasteiger partial charge in [-0.3, -0.25) is 14.5 Å². The predicted octanol–water partition coefficient (Wildman–Crippen LogP) is 4.09. The minimum absolute atomic E-state index is 0.0804. The van der Waals surface area contributed by atoms with E-state index in [0.717, 1.165) is 55.1 Å². The lowest BCUT2D eigenvalue weighted by atomic mass is 9.80. The van der Waals surface area contributed by atoms with Gasteiger partial charge in [0.1, 0.15) is 0 Å². The molecule has 2 bridgehead atoms. The third kappa shape index (κ3) is 4.06. The van der Waals surface area contributed by atoms with Gasteiger partial charge >= 0.3 is 0 Å². The first-order chi connectivity index (χ1) is 15.1. The number of piperidine rings is 1. The first kappa shape index (κ1) is 19.8. The van der Waals surface area contributed by atoms with E-state index in [1.54, 1.807) is 6.07 Å². The van der Waals surface area contributed by atoms with Crippen LogP contribution < -0.4 is 10.9 Å². The summed E-state index contributed by atoms with van der Waals surface area (Å²) in [7, 11) is 0. The van der Waals surface area contributed by atoms with Crippen LogP contribution in [0.15, 0.2) is 71.5 Å². The highest BCUT2D eigenvalue weighted by Gasteiger charge is 2.36. The zero-order chi connectivity index (χ0) is 21.4. The third-order valence-electron chi connectivity index (χ3n) is 6.43. The fraction of sp³-hybridized carbons (Fsp3) is 0.308. The molecule has 5 rings (SSSR count). The summed E-state index contributed by atoms with van der Waals surface area (Å²) in [6, 6.07) is 22.2. The van der Waals surface area contributed by atoms with Crippen LogP contribution in [0.25, 0.3) is 11.1 Å². The molecular weight excluding hydrogens is 386 g/mol. The van der Waals surface area contributed by atoms with Crippen molar-refractivity contribution in [1.82, 2.24) is 9.47 Å². The Hall–Kier alpha value is -3.18. The monoisotopic (exact) mass is 413 g/mol. The van der Waals surface area contributed by atoms with Gasteiger partial charge in [-0.15, -0.1) is 0 Å². The van der Waals surface area contributed by atoms with Gasteiger partial charge in [-0.2, -0.15) is 0 Å². The number of carbonyl (C=O) groups is 1. The van der Waals surface area contributed by atoms with E-state index < -0.39 is 0 Å². The van der Waals surface area contributed by atoms with Crippen molar-refractivity contribution >= 4 is 11.6 Å². The van der Waals surface area contributed by atoms with E-state index in [9.17, 15) is 9.59 Å². The second kappa shape index (κ2) is 8.16. The van der Waals surface area contributed by atoms with Gasteiger partial charge < -0.3 is 9.88 Å². The molecule has 0 aliphatic carbocycles. The molecule has 0 spiro atoms. The molecule has 1 aromatic heterocycles. The van der Waals surface area contributed by atoms with Crippen molar-refractivity contribution in [2.75, 3.05) is 18.4 Å². The van der Waals surface area contributed by atoms with E-state index >= 15 is 0 Å². The maximum absolute atomic E-state index is 12.7. The van der Waals surface area contributed by atoms with E-state index in [2.05, 4.69) is 40.5 Å². The fourth-order valence-corrected chi connectivity index (χ4v) is 5.27. The zero-order valence-electron chi connectivity index (χ0n) is 17.8. The second-order valence-electron chi connectivity index (χ2n) is 8.82. The number of hydrogen-bond donors (Lipinski definition) is 1. The smallest absolute Gasteiger partial charge is 0.250 e. The maximum Gasteiger partial charge on any atom is 0.250 e. The molecule has 1 fully saturated rings. The summed E-state index contributed by atoms with van der Waals surface area (Å²) in [5.74, 6) is 0.767. The Bertz CT molecular complexity index is 1150. The summed E-state index contributed by atoms with van der Waals surface area (Å²) in [6.07, 6.45) is 1.13. The molecule has 1 amide bonds. The van der Waals surface area contributed by atoms with Crippen molar-refractivity contribution in [3.8, 4) is 11.1 Å². The molecule has 2 aliphatic rings. The molecule has 2 atom stereocenters. The molecule has 2 unspecified atom stereocenters. The molecule has 3 aromatic rings. The Morgan fingerprint density at radius 1 is 0.968 bits per heavy atom. The number of amides is 1. The minimum atomic E-state index is -0.0804. The maximum atomic E-state index is 12.7. The van der Waals surface area contributed by atoms with Crippen LogP contribution in [0.5, 0.6) is 0 Å². The average molecular weight is 414 g/mol. The third-order valence-corrected chi connectivity index (χ3v) is 6.43. The summed E-state index contributed by atoms with van der Waals surface area (Å²) in [5, 5.41) is 2.82. The largest absolute Gasteiger partial charge is 0.326 e. The van der Waals surface area contributed by atoms with Crippen LogP contribution in [0.1, 0.15) is 30.5 Å². The number of fused-ring (bicyclic) bond motifs is 4. The molecule has 5 heteroatoms.